The first kappa shape index (κ1) is 24.1. The summed E-state index contributed by atoms with van der Waals surface area (Å²) < 4.78 is 1.85. The highest BCUT2D eigenvalue weighted by molar-refractivity contribution is 7.98. The normalized spacial score (nSPS) is 10.8. The van der Waals surface area contributed by atoms with E-state index in [-0.39, 0.29) is 12.6 Å². The SMILES string of the molecule is Cc1ccc(NC(=O)NCc2nnc(SCc3cccc(C)c3)n2-c2ccc(Cl)cc2Cl)cc1. The van der Waals surface area contributed by atoms with E-state index in [0.717, 1.165) is 5.56 Å². The Bertz CT molecular complexity index is 1310. The van der Waals surface area contributed by atoms with Gasteiger partial charge in [-0.15, -0.1) is 10.2 Å². The van der Waals surface area contributed by atoms with E-state index in [1.165, 1.54) is 11.1 Å². The van der Waals surface area contributed by atoms with Crippen molar-refractivity contribution in [2.75, 3.05) is 5.32 Å². The highest BCUT2D eigenvalue weighted by Gasteiger charge is 2.18. The van der Waals surface area contributed by atoms with Gasteiger partial charge in [0, 0.05) is 16.5 Å². The smallest absolute Gasteiger partial charge is 0.319 e. The molecule has 0 fully saturated rings. The molecular formula is C25H23Cl2N5OS. The van der Waals surface area contributed by atoms with Gasteiger partial charge in [0.15, 0.2) is 11.0 Å². The summed E-state index contributed by atoms with van der Waals surface area (Å²) in [5.41, 5.74) is 4.90. The molecular weight excluding hydrogens is 489 g/mol. The average molecular weight is 512 g/mol. The van der Waals surface area contributed by atoms with E-state index in [9.17, 15) is 4.79 Å². The van der Waals surface area contributed by atoms with Gasteiger partial charge in [0.05, 0.1) is 17.3 Å². The molecule has 174 valence electrons. The predicted molar refractivity (Wildman–Crippen MR) is 139 cm³/mol. The lowest BCUT2D eigenvalue weighted by atomic mass is 10.2. The van der Waals surface area contributed by atoms with E-state index in [2.05, 4.69) is 46.0 Å². The lowest BCUT2D eigenvalue weighted by molar-refractivity contribution is 0.251. The van der Waals surface area contributed by atoms with E-state index >= 15 is 0 Å². The summed E-state index contributed by atoms with van der Waals surface area (Å²) in [6, 6.07) is 20.8. The molecule has 1 heterocycles. The molecule has 0 aliphatic carbocycles. The fraction of sp³-hybridized carbons (Fsp3) is 0.160. The third-order valence-electron chi connectivity index (χ3n) is 5.02. The van der Waals surface area contributed by atoms with E-state index in [1.54, 1.807) is 23.9 Å². The molecule has 0 unspecified atom stereocenters. The largest absolute Gasteiger partial charge is 0.331 e. The van der Waals surface area contributed by atoms with Gasteiger partial charge < -0.3 is 10.6 Å². The second-order valence-corrected chi connectivity index (χ2v) is 9.57. The lowest BCUT2D eigenvalue weighted by Gasteiger charge is -2.13. The van der Waals surface area contributed by atoms with E-state index in [0.29, 0.717) is 38.2 Å². The average Bonchev–Trinajstić information content (AvgIpc) is 3.20. The molecule has 1 aromatic heterocycles. The number of nitrogens with one attached hydrogen (secondary N) is 2. The van der Waals surface area contributed by atoms with Gasteiger partial charge in [0.2, 0.25) is 0 Å². The topological polar surface area (TPSA) is 71.8 Å². The number of anilines is 1. The fourth-order valence-corrected chi connectivity index (χ4v) is 4.73. The minimum absolute atomic E-state index is 0.161. The Morgan fingerprint density at radius 1 is 0.971 bits per heavy atom. The molecule has 4 rings (SSSR count). The molecule has 0 aliphatic heterocycles. The first-order valence-electron chi connectivity index (χ1n) is 10.6. The van der Waals surface area contributed by atoms with Crippen molar-refractivity contribution < 1.29 is 4.79 Å². The summed E-state index contributed by atoms with van der Waals surface area (Å²) in [6.45, 7) is 4.22. The monoisotopic (exact) mass is 511 g/mol. The van der Waals surface area contributed by atoms with Crippen LogP contribution in [0.1, 0.15) is 22.5 Å². The minimum Gasteiger partial charge on any atom is -0.331 e. The summed E-state index contributed by atoms with van der Waals surface area (Å²) in [6.07, 6.45) is 0. The van der Waals surface area contributed by atoms with Crippen LogP contribution in [0.15, 0.2) is 71.9 Å². The van der Waals surface area contributed by atoms with E-state index < -0.39 is 0 Å². The standard InChI is InChI=1S/C25H23Cl2N5OS/c1-16-6-9-20(10-7-16)29-24(33)28-14-23-30-31-25(34-15-18-5-3-4-17(2)12-18)32(23)22-11-8-19(26)13-21(22)27/h3-13H,14-15H2,1-2H3,(H2,28,29,33). The molecule has 0 saturated carbocycles. The molecule has 6 nitrogen and oxygen atoms in total. The molecule has 0 atom stereocenters. The number of amides is 2. The number of aryl methyl sites for hydroxylation is 2. The third kappa shape index (κ3) is 6.11. The van der Waals surface area contributed by atoms with Crippen LogP contribution in [0.25, 0.3) is 5.69 Å². The van der Waals surface area contributed by atoms with E-state index in [1.807, 2.05) is 47.9 Å². The maximum absolute atomic E-state index is 12.5. The number of rotatable bonds is 7. The Morgan fingerprint density at radius 3 is 2.50 bits per heavy atom. The van der Waals surface area contributed by atoms with Crippen molar-refractivity contribution in [2.45, 2.75) is 31.3 Å². The first-order valence-corrected chi connectivity index (χ1v) is 12.3. The molecule has 2 amide bonds. The summed E-state index contributed by atoms with van der Waals surface area (Å²) >= 11 is 14.2. The van der Waals surface area contributed by atoms with Gasteiger partial charge >= 0.3 is 6.03 Å². The lowest BCUT2D eigenvalue weighted by Crippen LogP contribution is -2.29. The summed E-state index contributed by atoms with van der Waals surface area (Å²) in [5.74, 6) is 1.27. The maximum Gasteiger partial charge on any atom is 0.319 e. The molecule has 4 aromatic rings. The number of thioether (sulfide) groups is 1. The van der Waals surface area contributed by atoms with Crippen molar-refractivity contribution in [3.05, 3.63) is 99.3 Å². The molecule has 0 spiro atoms. The second kappa shape index (κ2) is 11.0. The van der Waals surface area contributed by atoms with Crippen LogP contribution < -0.4 is 10.6 Å². The second-order valence-electron chi connectivity index (χ2n) is 7.78. The predicted octanol–water partition coefficient (Wildman–Crippen LogP) is 6.80. The maximum atomic E-state index is 12.5. The molecule has 0 aliphatic rings. The van der Waals surface area contributed by atoms with Crippen LogP contribution in [0.3, 0.4) is 0 Å². The van der Waals surface area contributed by atoms with Crippen molar-refractivity contribution in [2.24, 2.45) is 0 Å². The van der Waals surface area contributed by atoms with Crippen LogP contribution in [-0.4, -0.2) is 20.8 Å². The van der Waals surface area contributed by atoms with Gasteiger partial charge in [-0.3, -0.25) is 4.57 Å². The summed E-state index contributed by atoms with van der Waals surface area (Å²) in [4.78, 5) is 12.5. The summed E-state index contributed by atoms with van der Waals surface area (Å²) in [5, 5.41) is 16.0. The van der Waals surface area contributed by atoms with Crippen molar-refractivity contribution in [1.29, 1.82) is 0 Å². The number of aromatic nitrogens is 3. The first-order chi connectivity index (χ1) is 16.4. The quantitative estimate of drug-likeness (QED) is 0.267. The van der Waals surface area contributed by atoms with Crippen molar-refractivity contribution in [3.8, 4) is 5.69 Å². The number of halogens is 2. The Kier molecular flexibility index (Phi) is 7.77. The molecule has 0 saturated heterocycles. The molecule has 9 heteroatoms. The molecule has 0 radical (unpaired) electrons. The van der Waals surface area contributed by atoms with Gasteiger partial charge in [-0.05, 0) is 49.7 Å². The van der Waals surface area contributed by atoms with Crippen molar-refractivity contribution in [3.63, 3.8) is 0 Å². The van der Waals surface area contributed by atoms with Crippen LogP contribution in [-0.2, 0) is 12.3 Å². The summed E-state index contributed by atoms with van der Waals surface area (Å²) in [7, 11) is 0. The van der Waals surface area contributed by atoms with Gasteiger partial charge in [0.1, 0.15) is 0 Å². The van der Waals surface area contributed by atoms with Crippen LogP contribution in [0.2, 0.25) is 10.0 Å². The Morgan fingerprint density at radius 2 is 1.76 bits per heavy atom. The van der Waals surface area contributed by atoms with Crippen molar-refractivity contribution >= 4 is 46.7 Å². The Hall–Kier alpha value is -3.00. The Labute approximate surface area is 212 Å². The minimum atomic E-state index is -0.338. The Balaban J connectivity index is 1.55. The fourth-order valence-electron chi connectivity index (χ4n) is 3.33. The van der Waals surface area contributed by atoms with Crippen LogP contribution >= 0.6 is 35.0 Å². The molecule has 0 bridgehead atoms. The number of nitrogens with zero attached hydrogens (tertiary/aromatic N) is 3. The zero-order valence-corrected chi connectivity index (χ0v) is 21.0. The van der Waals surface area contributed by atoms with Crippen molar-refractivity contribution in [1.82, 2.24) is 20.1 Å². The van der Waals surface area contributed by atoms with Crippen LogP contribution in [0.4, 0.5) is 10.5 Å². The molecule has 3 aromatic carbocycles. The number of carbonyl (C=O) groups is 1. The van der Waals surface area contributed by atoms with E-state index in [4.69, 9.17) is 23.2 Å². The number of hydrogen-bond donors (Lipinski definition) is 2. The highest BCUT2D eigenvalue weighted by Crippen LogP contribution is 2.30. The zero-order valence-electron chi connectivity index (χ0n) is 18.7. The number of urea groups is 1. The van der Waals surface area contributed by atoms with Gasteiger partial charge in [-0.2, -0.15) is 0 Å². The third-order valence-corrected chi connectivity index (χ3v) is 6.56. The number of hydrogen-bond acceptors (Lipinski definition) is 4. The zero-order chi connectivity index (χ0) is 24.1. The van der Waals surface area contributed by atoms with Gasteiger partial charge in [-0.25, -0.2) is 4.79 Å². The van der Waals surface area contributed by atoms with Crippen LogP contribution in [0, 0.1) is 13.8 Å². The molecule has 34 heavy (non-hydrogen) atoms. The van der Waals surface area contributed by atoms with Crippen LogP contribution in [0.5, 0.6) is 0 Å². The van der Waals surface area contributed by atoms with Gasteiger partial charge in [-0.1, -0.05) is 82.5 Å². The highest BCUT2D eigenvalue weighted by atomic mass is 35.5. The molecule has 2 N–H and O–H groups in total. The number of carbonyl (C=O) groups excluding carboxylic acids is 1. The number of benzene rings is 3. The van der Waals surface area contributed by atoms with Gasteiger partial charge in [0.25, 0.3) is 0 Å².